The molecule has 2 aromatic carbocycles. The van der Waals surface area contributed by atoms with Crippen LogP contribution in [-0.4, -0.2) is 6.29 Å². The van der Waals surface area contributed by atoms with E-state index >= 15 is 0 Å². The number of aryl methyl sites for hydroxylation is 4. The molecule has 22 heavy (non-hydrogen) atoms. The zero-order valence-electron chi connectivity index (χ0n) is 13.0. The van der Waals surface area contributed by atoms with Gasteiger partial charge < -0.3 is 0 Å². The number of benzene rings is 2. The van der Waals surface area contributed by atoms with Gasteiger partial charge in [-0.1, -0.05) is 31.9 Å². The molecule has 0 N–H and O–H groups in total. The third kappa shape index (κ3) is 4.79. The van der Waals surface area contributed by atoms with Crippen molar-refractivity contribution in [3.8, 4) is 6.07 Å². The molecule has 0 saturated heterocycles. The monoisotopic (exact) mass is 421 g/mol. The van der Waals surface area contributed by atoms with Crippen LogP contribution in [0.4, 0.5) is 0 Å². The molecule has 0 unspecified atom stereocenters. The molecule has 0 fully saturated rings. The van der Waals surface area contributed by atoms with Crippen LogP contribution in [0, 0.1) is 39.0 Å². The lowest BCUT2D eigenvalue weighted by atomic mass is 10.0. The average Bonchev–Trinajstić information content (AvgIpc) is 2.38. The highest BCUT2D eigenvalue weighted by Gasteiger charge is 2.02. The average molecular weight is 423 g/mol. The van der Waals surface area contributed by atoms with E-state index in [1.807, 2.05) is 52.0 Å². The van der Waals surface area contributed by atoms with Gasteiger partial charge in [0.2, 0.25) is 0 Å². The van der Waals surface area contributed by atoms with E-state index in [9.17, 15) is 4.79 Å². The topological polar surface area (TPSA) is 40.9 Å². The molecule has 0 aromatic heterocycles. The Morgan fingerprint density at radius 2 is 1.23 bits per heavy atom. The SMILES string of the molecule is Cc1cc(Br)cc(C)c1C#N.Cc1cc(Br)cc(C)c1C=O. The number of aldehydes is 1. The van der Waals surface area contributed by atoms with Crippen molar-refractivity contribution in [3.05, 3.63) is 66.6 Å². The summed E-state index contributed by atoms with van der Waals surface area (Å²) in [5.74, 6) is 0. The zero-order valence-corrected chi connectivity index (χ0v) is 16.2. The third-order valence-electron chi connectivity index (χ3n) is 3.29. The third-order valence-corrected chi connectivity index (χ3v) is 4.20. The molecular weight excluding hydrogens is 406 g/mol. The Morgan fingerprint density at radius 1 is 0.864 bits per heavy atom. The predicted molar refractivity (Wildman–Crippen MR) is 97.3 cm³/mol. The van der Waals surface area contributed by atoms with E-state index < -0.39 is 0 Å². The largest absolute Gasteiger partial charge is 0.298 e. The fourth-order valence-electron chi connectivity index (χ4n) is 2.19. The predicted octanol–water partition coefficient (Wildman–Crippen LogP) is 5.82. The molecule has 114 valence electrons. The minimum Gasteiger partial charge on any atom is -0.298 e. The molecule has 0 aliphatic rings. The first-order valence-corrected chi connectivity index (χ1v) is 8.27. The maximum atomic E-state index is 10.5. The summed E-state index contributed by atoms with van der Waals surface area (Å²) < 4.78 is 2.06. The maximum Gasteiger partial charge on any atom is 0.150 e. The van der Waals surface area contributed by atoms with Crippen LogP contribution < -0.4 is 0 Å². The second kappa shape index (κ2) is 8.26. The second-order valence-electron chi connectivity index (χ2n) is 5.10. The number of nitriles is 1. The highest BCUT2D eigenvalue weighted by atomic mass is 79.9. The van der Waals surface area contributed by atoms with Crippen LogP contribution >= 0.6 is 31.9 Å². The minimum atomic E-state index is 0.785. The molecule has 0 aliphatic heterocycles. The summed E-state index contributed by atoms with van der Waals surface area (Å²) in [5, 5.41) is 8.72. The molecule has 0 atom stereocenters. The second-order valence-corrected chi connectivity index (χ2v) is 6.93. The smallest absolute Gasteiger partial charge is 0.150 e. The van der Waals surface area contributed by atoms with E-state index in [-0.39, 0.29) is 0 Å². The number of halogens is 2. The Kier molecular flexibility index (Phi) is 6.99. The molecule has 0 aliphatic carbocycles. The minimum absolute atomic E-state index is 0.785. The fourth-order valence-corrected chi connectivity index (χ4v) is 3.57. The molecule has 2 rings (SSSR count). The van der Waals surface area contributed by atoms with Crippen molar-refractivity contribution in [1.82, 2.24) is 0 Å². The number of hydrogen-bond donors (Lipinski definition) is 0. The summed E-state index contributed by atoms with van der Waals surface area (Å²) in [6.07, 6.45) is 0.900. The van der Waals surface area contributed by atoms with Crippen molar-refractivity contribution >= 4 is 38.1 Å². The summed E-state index contributed by atoms with van der Waals surface area (Å²) in [6.45, 7) is 7.75. The lowest BCUT2D eigenvalue weighted by Crippen LogP contribution is -1.90. The highest BCUT2D eigenvalue weighted by molar-refractivity contribution is 9.10. The van der Waals surface area contributed by atoms with Crippen LogP contribution in [0.3, 0.4) is 0 Å². The number of rotatable bonds is 1. The van der Waals surface area contributed by atoms with E-state index in [4.69, 9.17) is 5.26 Å². The molecule has 4 heteroatoms. The zero-order chi connectivity index (χ0) is 16.9. The van der Waals surface area contributed by atoms with Gasteiger partial charge in [-0.05, 0) is 74.2 Å². The maximum absolute atomic E-state index is 10.5. The van der Waals surface area contributed by atoms with Crippen molar-refractivity contribution in [1.29, 1.82) is 5.26 Å². The number of carbonyl (C=O) groups excluding carboxylic acids is 1. The van der Waals surface area contributed by atoms with Gasteiger partial charge in [0.1, 0.15) is 0 Å². The van der Waals surface area contributed by atoms with Crippen LogP contribution in [0.2, 0.25) is 0 Å². The molecule has 0 bridgehead atoms. The first-order chi connectivity index (χ1) is 10.3. The summed E-state index contributed by atoms with van der Waals surface area (Å²) in [5.41, 5.74) is 5.68. The fraction of sp³-hybridized carbons (Fsp3) is 0.222. The van der Waals surface area contributed by atoms with Gasteiger partial charge in [-0.25, -0.2) is 0 Å². The van der Waals surface area contributed by atoms with Crippen LogP contribution in [-0.2, 0) is 0 Å². The summed E-state index contributed by atoms with van der Waals surface area (Å²) in [6, 6.07) is 9.95. The van der Waals surface area contributed by atoms with Gasteiger partial charge in [0.15, 0.2) is 6.29 Å². The van der Waals surface area contributed by atoms with Crippen LogP contribution in [0.5, 0.6) is 0 Å². The molecule has 0 amide bonds. The molecule has 0 spiro atoms. The molecular formula is C18H17Br2NO. The van der Waals surface area contributed by atoms with Gasteiger partial charge >= 0.3 is 0 Å². The lowest BCUT2D eigenvalue weighted by Gasteiger charge is -2.02. The van der Waals surface area contributed by atoms with Crippen LogP contribution in [0.15, 0.2) is 33.2 Å². The molecule has 2 nitrogen and oxygen atoms in total. The number of carbonyl (C=O) groups is 1. The van der Waals surface area contributed by atoms with Gasteiger partial charge in [0.25, 0.3) is 0 Å². The Hall–Kier alpha value is -1.44. The Labute approximate surface area is 148 Å². The van der Waals surface area contributed by atoms with E-state index in [0.717, 1.165) is 48.6 Å². The summed E-state index contributed by atoms with van der Waals surface area (Å²) in [4.78, 5) is 10.5. The van der Waals surface area contributed by atoms with Gasteiger partial charge in [-0.2, -0.15) is 5.26 Å². The molecule has 0 radical (unpaired) electrons. The van der Waals surface area contributed by atoms with E-state index in [1.54, 1.807) is 0 Å². The molecule has 0 saturated carbocycles. The normalized spacial score (nSPS) is 9.50. The summed E-state index contributed by atoms with van der Waals surface area (Å²) in [7, 11) is 0. The van der Waals surface area contributed by atoms with Crippen molar-refractivity contribution in [2.24, 2.45) is 0 Å². The van der Waals surface area contributed by atoms with Crippen LogP contribution in [0.25, 0.3) is 0 Å². The van der Waals surface area contributed by atoms with E-state index in [1.165, 1.54) is 0 Å². The highest BCUT2D eigenvalue weighted by Crippen LogP contribution is 2.19. The van der Waals surface area contributed by atoms with Gasteiger partial charge in [0, 0.05) is 14.5 Å². The van der Waals surface area contributed by atoms with Crippen LogP contribution in [0.1, 0.15) is 38.2 Å². The van der Waals surface area contributed by atoms with Crippen molar-refractivity contribution in [2.45, 2.75) is 27.7 Å². The van der Waals surface area contributed by atoms with Crippen molar-refractivity contribution in [2.75, 3.05) is 0 Å². The quantitative estimate of drug-likeness (QED) is 0.543. The van der Waals surface area contributed by atoms with Crippen molar-refractivity contribution in [3.63, 3.8) is 0 Å². The molecule has 2 aromatic rings. The lowest BCUT2D eigenvalue weighted by molar-refractivity contribution is 0.112. The van der Waals surface area contributed by atoms with E-state index in [0.29, 0.717) is 0 Å². The Balaban J connectivity index is 0.000000220. The summed E-state index contributed by atoms with van der Waals surface area (Å²) >= 11 is 6.73. The van der Waals surface area contributed by atoms with Gasteiger partial charge in [-0.3, -0.25) is 4.79 Å². The Bertz CT molecular complexity index is 699. The number of nitrogens with zero attached hydrogens (tertiary/aromatic N) is 1. The first kappa shape index (κ1) is 18.6. The van der Waals surface area contributed by atoms with E-state index in [2.05, 4.69) is 37.9 Å². The molecule has 0 heterocycles. The Morgan fingerprint density at radius 3 is 1.55 bits per heavy atom. The van der Waals surface area contributed by atoms with Gasteiger partial charge in [-0.15, -0.1) is 0 Å². The standard InChI is InChI=1S/C9H8BrN.C9H9BrO/c2*1-6-3-8(10)4-7(2)9(6)5-11/h3-4H,1-2H3;3-5H,1-2H3. The van der Waals surface area contributed by atoms with Gasteiger partial charge in [0.05, 0.1) is 11.6 Å². The first-order valence-electron chi connectivity index (χ1n) is 6.69. The van der Waals surface area contributed by atoms with Crippen molar-refractivity contribution < 1.29 is 4.79 Å². The number of hydrogen-bond acceptors (Lipinski definition) is 2.